The summed E-state index contributed by atoms with van der Waals surface area (Å²) in [6.07, 6.45) is 70.0. The predicted molar refractivity (Wildman–Crippen MR) is 284 cm³/mol. The van der Waals surface area contributed by atoms with Crippen LogP contribution in [0.5, 0.6) is 0 Å². The molecule has 1 unspecified atom stereocenters. The zero-order chi connectivity index (χ0) is 47.9. The molecule has 0 aliphatic heterocycles. The van der Waals surface area contributed by atoms with Crippen LogP contribution in [0.4, 0.5) is 0 Å². The minimum Gasteiger partial charge on any atom is -0.462 e. The Morgan fingerprint density at radius 3 is 0.970 bits per heavy atom. The van der Waals surface area contributed by atoms with Gasteiger partial charge in [-0.15, -0.1) is 0 Å². The van der Waals surface area contributed by atoms with Crippen molar-refractivity contribution in [3.63, 3.8) is 0 Å². The van der Waals surface area contributed by atoms with E-state index in [1.165, 1.54) is 103 Å². The maximum Gasteiger partial charge on any atom is 0.306 e. The van der Waals surface area contributed by atoms with Gasteiger partial charge in [-0.3, -0.25) is 14.4 Å². The second kappa shape index (κ2) is 54.2. The minimum absolute atomic E-state index is 0.0877. The lowest BCUT2D eigenvalue weighted by atomic mass is 10.1. The minimum atomic E-state index is -0.788. The van der Waals surface area contributed by atoms with Gasteiger partial charge in [0.2, 0.25) is 0 Å². The average molecular weight is 919 g/mol. The zero-order valence-corrected chi connectivity index (χ0v) is 43.2. The highest BCUT2D eigenvalue weighted by atomic mass is 16.6. The Morgan fingerprint density at radius 2 is 0.591 bits per heavy atom. The van der Waals surface area contributed by atoms with Crippen LogP contribution in [0.1, 0.15) is 258 Å². The third-order valence-corrected chi connectivity index (χ3v) is 11.6. The van der Waals surface area contributed by atoms with Gasteiger partial charge >= 0.3 is 17.9 Å². The summed E-state index contributed by atoms with van der Waals surface area (Å²) in [6, 6.07) is 0. The van der Waals surface area contributed by atoms with E-state index in [4.69, 9.17) is 14.2 Å². The van der Waals surface area contributed by atoms with Crippen LogP contribution in [0, 0.1) is 0 Å². The molecule has 0 rings (SSSR count). The SMILES string of the molecule is CC/C=C\C/C=C\C/C=C\C/C=C\C/C=C\CCCCCCCCCC(=O)OCC(COC(=O)CCCCCCC/C=C\CCCCC)OC(=O)CCCCCCC/C=C\CCCCCC. The number of ether oxygens (including phenoxy) is 3. The summed E-state index contributed by atoms with van der Waals surface area (Å²) in [5.41, 5.74) is 0. The van der Waals surface area contributed by atoms with E-state index in [1.54, 1.807) is 0 Å². The molecule has 0 aromatic heterocycles. The topological polar surface area (TPSA) is 78.9 Å². The number of hydrogen-bond donors (Lipinski definition) is 0. The molecule has 6 heteroatoms. The molecule has 66 heavy (non-hydrogen) atoms. The van der Waals surface area contributed by atoms with Crippen LogP contribution in [-0.2, 0) is 28.6 Å². The number of hydrogen-bond acceptors (Lipinski definition) is 6. The van der Waals surface area contributed by atoms with Crippen LogP contribution in [0.25, 0.3) is 0 Å². The molecule has 0 radical (unpaired) electrons. The van der Waals surface area contributed by atoms with Crippen LogP contribution >= 0.6 is 0 Å². The second-order valence-electron chi connectivity index (χ2n) is 18.1. The van der Waals surface area contributed by atoms with Crippen molar-refractivity contribution in [3.05, 3.63) is 85.1 Å². The number of carbonyl (C=O) groups excluding carboxylic acids is 3. The molecule has 0 aromatic rings. The van der Waals surface area contributed by atoms with Crippen LogP contribution in [-0.4, -0.2) is 37.2 Å². The normalized spacial score (nSPS) is 12.7. The van der Waals surface area contributed by atoms with Gasteiger partial charge in [0.05, 0.1) is 0 Å². The molecule has 0 spiro atoms. The molecule has 0 saturated heterocycles. The molecule has 6 nitrogen and oxygen atoms in total. The Hall–Kier alpha value is -3.41. The molecule has 0 N–H and O–H groups in total. The van der Waals surface area contributed by atoms with E-state index in [9.17, 15) is 14.4 Å². The van der Waals surface area contributed by atoms with E-state index in [1.807, 2.05) is 0 Å². The lowest BCUT2D eigenvalue weighted by Crippen LogP contribution is -2.30. The summed E-state index contributed by atoms with van der Waals surface area (Å²) in [7, 11) is 0. The molecular formula is C60H102O6. The maximum atomic E-state index is 12.8. The Labute approximate surface area is 407 Å². The Balaban J connectivity index is 4.35. The molecule has 0 bridgehead atoms. The lowest BCUT2D eigenvalue weighted by Gasteiger charge is -2.18. The van der Waals surface area contributed by atoms with Gasteiger partial charge in [0.25, 0.3) is 0 Å². The van der Waals surface area contributed by atoms with Crippen LogP contribution < -0.4 is 0 Å². The second-order valence-corrected chi connectivity index (χ2v) is 18.1. The van der Waals surface area contributed by atoms with Crippen molar-refractivity contribution in [2.75, 3.05) is 13.2 Å². The molecular weight excluding hydrogens is 817 g/mol. The van der Waals surface area contributed by atoms with Gasteiger partial charge in [-0.25, -0.2) is 0 Å². The summed E-state index contributed by atoms with van der Waals surface area (Å²) in [5, 5.41) is 0. The third kappa shape index (κ3) is 51.6. The van der Waals surface area contributed by atoms with Gasteiger partial charge in [-0.1, -0.05) is 209 Å². The fourth-order valence-electron chi connectivity index (χ4n) is 7.46. The van der Waals surface area contributed by atoms with Crippen molar-refractivity contribution in [2.45, 2.75) is 264 Å². The lowest BCUT2D eigenvalue weighted by molar-refractivity contribution is -0.167. The highest BCUT2D eigenvalue weighted by molar-refractivity contribution is 5.71. The van der Waals surface area contributed by atoms with Gasteiger partial charge in [0, 0.05) is 19.3 Å². The molecule has 378 valence electrons. The van der Waals surface area contributed by atoms with E-state index >= 15 is 0 Å². The Bertz CT molecular complexity index is 1290. The number of rotatable bonds is 49. The fraction of sp³-hybridized carbons (Fsp3) is 0.717. The van der Waals surface area contributed by atoms with Crippen molar-refractivity contribution < 1.29 is 28.6 Å². The number of allylic oxidation sites excluding steroid dienone is 14. The first-order chi connectivity index (χ1) is 32.5. The summed E-state index contributed by atoms with van der Waals surface area (Å²) in [4.78, 5) is 38.0. The summed E-state index contributed by atoms with van der Waals surface area (Å²) in [6.45, 7) is 6.46. The molecule has 0 aliphatic rings. The quantitative estimate of drug-likeness (QED) is 0.0262. The maximum absolute atomic E-state index is 12.8. The Kier molecular flexibility index (Phi) is 51.4. The summed E-state index contributed by atoms with van der Waals surface area (Å²) >= 11 is 0. The van der Waals surface area contributed by atoms with Gasteiger partial charge in [-0.05, 0) is 116 Å². The van der Waals surface area contributed by atoms with Crippen LogP contribution in [0.2, 0.25) is 0 Å². The molecule has 0 fully saturated rings. The van der Waals surface area contributed by atoms with Crippen molar-refractivity contribution in [1.29, 1.82) is 0 Å². The summed E-state index contributed by atoms with van der Waals surface area (Å²) in [5.74, 6) is -0.914. The van der Waals surface area contributed by atoms with E-state index < -0.39 is 6.10 Å². The van der Waals surface area contributed by atoms with Gasteiger partial charge in [-0.2, -0.15) is 0 Å². The number of unbranched alkanes of at least 4 members (excludes halogenated alkanes) is 24. The first-order valence-corrected chi connectivity index (χ1v) is 27.6. The molecule has 0 heterocycles. The van der Waals surface area contributed by atoms with E-state index in [-0.39, 0.29) is 31.1 Å². The third-order valence-electron chi connectivity index (χ3n) is 11.6. The first-order valence-electron chi connectivity index (χ1n) is 27.6. The van der Waals surface area contributed by atoms with Crippen LogP contribution in [0.3, 0.4) is 0 Å². The van der Waals surface area contributed by atoms with Gasteiger partial charge in [0.15, 0.2) is 6.10 Å². The smallest absolute Gasteiger partial charge is 0.306 e. The van der Waals surface area contributed by atoms with Crippen molar-refractivity contribution in [1.82, 2.24) is 0 Å². The Morgan fingerprint density at radius 1 is 0.318 bits per heavy atom. The predicted octanol–water partition coefficient (Wildman–Crippen LogP) is 18.4. The van der Waals surface area contributed by atoms with Gasteiger partial charge in [0.1, 0.15) is 13.2 Å². The van der Waals surface area contributed by atoms with Gasteiger partial charge < -0.3 is 14.2 Å². The first kappa shape index (κ1) is 62.6. The molecule has 0 aliphatic carbocycles. The largest absolute Gasteiger partial charge is 0.462 e. The zero-order valence-electron chi connectivity index (χ0n) is 43.2. The van der Waals surface area contributed by atoms with E-state index in [0.717, 1.165) is 116 Å². The van der Waals surface area contributed by atoms with Crippen molar-refractivity contribution >= 4 is 17.9 Å². The standard InChI is InChI=1S/C60H102O6/c1-4-7-10-13-16-19-22-25-26-27-28-29-30-31-32-33-34-36-38-41-44-47-50-53-59(62)65-56-57(55-64-58(61)52-49-46-43-40-37-24-21-18-15-12-9-6-3)66-60(63)54-51-48-45-42-39-35-23-20-17-14-11-8-5-2/h7,10,16,18-21,23,25-26,28-29,31-32,57H,4-6,8-9,11-15,17,22,24,27,30,33-56H2,1-3H3/b10-7-,19-16-,21-18-,23-20-,26-25-,29-28-,32-31-. The molecule has 1 atom stereocenters. The van der Waals surface area contributed by atoms with Crippen molar-refractivity contribution in [3.8, 4) is 0 Å². The molecule has 0 aromatic carbocycles. The van der Waals surface area contributed by atoms with E-state index in [2.05, 4.69) is 106 Å². The van der Waals surface area contributed by atoms with E-state index in [0.29, 0.717) is 19.3 Å². The molecule has 0 amide bonds. The number of carbonyl (C=O) groups is 3. The van der Waals surface area contributed by atoms with Crippen molar-refractivity contribution in [2.24, 2.45) is 0 Å². The van der Waals surface area contributed by atoms with Crippen LogP contribution in [0.15, 0.2) is 85.1 Å². The average Bonchev–Trinajstić information content (AvgIpc) is 3.31. The highest BCUT2D eigenvalue weighted by Crippen LogP contribution is 2.14. The summed E-state index contributed by atoms with van der Waals surface area (Å²) < 4.78 is 16.8. The highest BCUT2D eigenvalue weighted by Gasteiger charge is 2.19. The fourth-order valence-corrected chi connectivity index (χ4v) is 7.46. The monoisotopic (exact) mass is 919 g/mol. The molecule has 0 saturated carbocycles. The number of esters is 3.